The molecule has 0 fully saturated rings. The number of aryl methyl sites for hydroxylation is 1. The first-order valence-corrected chi connectivity index (χ1v) is 2.85. The summed E-state index contributed by atoms with van der Waals surface area (Å²) in [6.45, 7) is 1.68. The van der Waals surface area contributed by atoms with E-state index in [-0.39, 0.29) is 57.1 Å². The van der Waals surface area contributed by atoms with Crippen LogP contribution in [0.1, 0.15) is 16.1 Å². The largest absolute Gasteiger partial charge is 1.00 e. The Labute approximate surface area is 107 Å². The summed E-state index contributed by atoms with van der Waals surface area (Å²) < 4.78 is 0. The third-order valence-corrected chi connectivity index (χ3v) is 1.20. The molecule has 0 aliphatic heterocycles. The quantitative estimate of drug-likeness (QED) is 0.421. The molecule has 0 atom stereocenters. The Morgan fingerprint density at radius 2 is 2.27 bits per heavy atom. The Balaban J connectivity index is 0.000001000. The van der Waals surface area contributed by atoms with Crippen molar-refractivity contribution in [3.8, 4) is 0 Å². The van der Waals surface area contributed by atoms with Gasteiger partial charge in [0, 0.05) is 6.20 Å². The third-order valence-electron chi connectivity index (χ3n) is 1.20. The summed E-state index contributed by atoms with van der Waals surface area (Å²) in [5.41, 5.74) is 0.644. The van der Waals surface area contributed by atoms with Crippen LogP contribution in [0.15, 0.2) is 18.3 Å². The van der Waals surface area contributed by atoms with Crippen LogP contribution in [0.2, 0.25) is 0 Å². The summed E-state index contributed by atoms with van der Waals surface area (Å²) in [6, 6.07) is 3.36. The number of rotatable bonds is 1. The zero-order chi connectivity index (χ0) is 7.56. The van der Waals surface area contributed by atoms with Gasteiger partial charge >= 0.3 is 51.4 Å². The number of carbonyl (C=O) groups is 1. The minimum Gasteiger partial charge on any atom is -0.543 e. The van der Waals surface area contributed by atoms with Gasteiger partial charge in [-0.1, -0.05) is 6.07 Å². The molecule has 0 radical (unpaired) electrons. The van der Waals surface area contributed by atoms with Gasteiger partial charge in [0.1, 0.15) is 0 Å². The summed E-state index contributed by atoms with van der Waals surface area (Å²) in [5, 5.41) is 10.2. The average Bonchev–Trinajstić information content (AvgIpc) is 1.88. The van der Waals surface area contributed by atoms with Crippen molar-refractivity contribution in [3.63, 3.8) is 0 Å². The molecule has 1 aromatic rings. The molecule has 1 rings (SSSR count). The number of hydrogen-bond acceptors (Lipinski definition) is 3. The van der Waals surface area contributed by atoms with Gasteiger partial charge < -0.3 is 9.90 Å². The van der Waals surface area contributed by atoms with E-state index in [9.17, 15) is 9.90 Å². The molecule has 11 heavy (non-hydrogen) atoms. The van der Waals surface area contributed by atoms with E-state index < -0.39 is 5.97 Å². The van der Waals surface area contributed by atoms with Gasteiger partial charge in [0.05, 0.1) is 11.7 Å². The standard InChI is InChI=1S/C7H7NO2.K/c1-5-3-2-4-8-6(5)7(9)10;/h2-4H,1H3,(H,9,10);/q;+1/p-1. The van der Waals surface area contributed by atoms with E-state index in [0.717, 1.165) is 0 Å². The molecule has 0 aromatic carbocycles. The number of aromatic carboxylic acids is 1. The van der Waals surface area contributed by atoms with Gasteiger partial charge in [-0.15, -0.1) is 0 Å². The molecule has 0 bridgehead atoms. The maximum atomic E-state index is 10.2. The van der Waals surface area contributed by atoms with Crippen molar-refractivity contribution in [3.05, 3.63) is 29.6 Å². The van der Waals surface area contributed by atoms with Crippen LogP contribution in [-0.4, -0.2) is 11.0 Å². The maximum absolute atomic E-state index is 10.2. The van der Waals surface area contributed by atoms with Crippen LogP contribution in [-0.2, 0) is 0 Å². The van der Waals surface area contributed by atoms with E-state index in [1.165, 1.54) is 6.20 Å². The second-order valence-corrected chi connectivity index (χ2v) is 1.96. The van der Waals surface area contributed by atoms with Crippen LogP contribution in [0.4, 0.5) is 0 Å². The summed E-state index contributed by atoms with van der Waals surface area (Å²) in [5.74, 6) is -1.22. The number of carbonyl (C=O) groups excluding carboxylic acids is 1. The van der Waals surface area contributed by atoms with E-state index in [0.29, 0.717) is 5.56 Å². The Morgan fingerprint density at radius 1 is 1.64 bits per heavy atom. The van der Waals surface area contributed by atoms with Crippen LogP contribution in [0.3, 0.4) is 0 Å². The fraction of sp³-hybridized carbons (Fsp3) is 0.143. The molecule has 1 aromatic heterocycles. The minimum atomic E-state index is -1.22. The fourth-order valence-electron chi connectivity index (χ4n) is 0.699. The van der Waals surface area contributed by atoms with Gasteiger partial charge in [0.15, 0.2) is 0 Å². The second-order valence-electron chi connectivity index (χ2n) is 1.96. The van der Waals surface area contributed by atoms with E-state index in [1.807, 2.05) is 0 Å². The molecule has 0 amide bonds. The van der Waals surface area contributed by atoms with Crippen molar-refractivity contribution in [2.75, 3.05) is 0 Å². The summed E-state index contributed by atoms with van der Waals surface area (Å²) in [7, 11) is 0. The van der Waals surface area contributed by atoms with E-state index in [4.69, 9.17) is 0 Å². The van der Waals surface area contributed by atoms with Crippen molar-refractivity contribution < 1.29 is 61.3 Å². The molecule has 0 spiro atoms. The minimum absolute atomic E-state index is 0. The van der Waals surface area contributed by atoms with Crippen LogP contribution >= 0.6 is 0 Å². The Hall–Kier alpha value is 0.256. The van der Waals surface area contributed by atoms with Crippen molar-refractivity contribution in [1.82, 2.24) is 4.98 Å². The van der Waals surface area contributed by atoms with E-state index >= 15 is 0 Å². The van der Waals surface area contributed by atoms with Crippen LogP contribution < -0.4 is 56.5 Å². The number of nitrogens with zero attached hydrogens (tertiary/aromatic N) is 1. The van der Waals surface area contributed by atoms with Crippen molar-refractivity contribution in [1.29, 1.82) is 0 Å². The van der Waals surface area contributed by atoms with Gasteiger partial charge in [0.25, 0.3) is 0 Å². The molecule has 0 unspecified atom stereocenters. The Bertz CT molecular complexity index is 262. The molecular weight excluding hydrogens is 169 g/mol. The van der Waals surface area contributed by atoms with Crippen LogP contribution in [0.25, 0.3) is 0 Å². The smallest absolute Gasteiger partial charge is 0.543 e. The molecular formula is C7H6KNO2. The fourth-order valence-corrected chi connectivity index (χ4v) is 0.699. The average molecular weight is 175 g/mol. The number of carboxylic acid groups (broad SMARTS) is 1. The summed E-state index contributed by atoms with van der Waals surface area (Å²) in [4.78, 5) is 13.9. The van der Waals surface area contributed by atoms with Crippen molar-refractivity contribution in [2.45, 2.75) is 6.92 Å². The molecule has 0 saturated carbocycles. The number of hydrogen-bond donors (Lipinski definition) is 0. The number of pyridine rings is 1. The molecule has 52 valence electrons. The van der Waals surface area contributed by atoms with Crippen molar-refractivity contribution in [2.24, 2.45) is 0 Å². The molecule has 0 aliphatic carbocycles. The Morgan fingerprint density at radius 3 is 2.64 bits per heavy atom. The molecule has 4 heteroatoms. The van der Waals surface area contributed by atoms with Crippen LogP contribution in [0, 0.1) is 6.92 Å². The first kappa shape index (κ1) is 11.3. The van der Waals surface area contributed by atoms with E-state index in [2.05, 4.69) is 4.98 Å². The SMILES string of the molecule is Cc1cccnc1C(=O)[O-].[K+]. The van der Waals surface area contributed by atoms with Gasteiger partial charge in [-0.05, 0) is 18.6 Å². The molecule has 0 aliphatic rings. The maximum Gasteiger partial charge on any atom is 1.00 e. The van der Waals surface area contributed by atoms with Gasteiger partial charge in [-0.2, -0.15) is 0 Å². The molecule has 1 heterocycles. The molecule has 3 nitrogen and oxygen atoms in total. The summed E-state index contributed by atoms with van der Waals surface area (Å²) in [6.07, 6.45) is 1.43. The first-order valence-electron chi connectivity index (χ1n) is 2.85. The zero-order valence-electron chi connectivity index (χ0n) is 6.50. The van der Waals surface area contributed by atoms with E-state index in [1.54, 1.807) is 19.1 Å². The topological polar surface area (TPSA) is 53.0 Å². The third kappa shape index (κ3) is 3.00. The Kier molecular flexibility index (Phi) is 5.12. The summed E-state index contributed by atoms with van der Waals surface area (Å²) >= 11 is 0. The monoisotopic (exact) mass is 175 g/mol. The number of aromatic nitrogens is 1. The van der Waals surface area contributed by atoms with Gasteiger partial charge in [0.2, 0.25) is 0 Å². The van der Waals surface area contributed by atoms with Crippen molar-refractivity contribution >= 4 is 5.97 Å². The predicted molar refractivity (Wildman–Crippen MR) is 33.3 cm³/mol. The predicted octanol–water partition coefficient (Wildman–Crippen LogP) is -3.24. The molecule has 0 N–H and O–H groups in total. The zero-order valence-corrected chi connectivity index (χ0v) is 9.62. The second kappa shape index (κ2) is 5.00. The van der Waals surface area contributed by atoms with Gasteiger partial charge in [-0.3, -0.25) is 4.98 Å². The first-order chi connectivity index (χ1) is 4.72. The van der Waals surface area contributed by atoms with Gasteiger partial charge in [-0.25, -0.2) is 0 Å². The molecule has 0 saturated heterocycles. The normalized spacial score (nSPS) is 8.45. The van der Waals surface area contributed by atoms with Crippen LogP contribution in [0.5, 0.6) is 0 Å². The number of carboxylic acids is 1.